The number of likely N-dealkylation sites (tertiary alicyclic amines) is 1. The van der Waals surface area contributed by atoms with Gasteiger partial charge in [-0.05, 0) is 33.4 Å². The minimum atomic E-state index is -4.36. The number of nitrogens with zero attached hydrogens (tertiary/aromatic N) is 1. The molecule has 4 nitrogen and oxygen atoms in total. The number of hydrogen-bond donors (Lipinski definition) is 2. The molecule has 112 valence electrons. The Morgan fingerprint density at radius 1 is 1.42 bits per heavy atom. The van der Waals surface area contributed by atoms with Crippen LogP contribution in [-0.2, 0) is 4.79 Å². The summed E-state index contributed by atoms with van der Waals surface area (Å²) < 4.78 is 36.2. The standard InChI is InChI=1S/C12H22F3N3O/c1-9(11(19)17-8-12(13,14)15)18-6-4-3-5-10(18)7-16-2/h9-10,16H,3-8H2,1-2H3,(H,17,19). The topological polar surface area (TPSA) is 44.4 Å². The summed E-state index contributed by atoms with van der Waals surface area (Å²) in [6, 6.07) is -0.314. The van der Waals surface area contributed by atoms with Crippen LogP contribution in [0.2, 0.25) is 0 Å². The molecule has 0 aliphatic carbocycles. The van der Waals surface area contributed by atoms with E-state index in [0.29, 0.717) is 0 Å². The molecular formula is C12H22F3N3O. The lowest BCUT2D eigenvalue weighted by atomic mass is 9.99. The maximum absolute atomic E-state index is 12.1. The molecule has 1 heterocycles. The van der Waals surface area contributed by atoms with Crippen LogP contribution in [0.4, 0.5) is 13.2 Å². The molecule has 1 fully saturated rings. The van der Waals surface area contributed by atoms with Gasteiger partial charge in [0.25, 0.3) is 0 Å². The van der Waals surface area contributed by atoms with E-state index in [4.69, 9.17) is 0 Å². The average molecular weight is 281 g/mol. The van der Waals surface area contributed by atoms with Crippen molar-refractivity contribution >= 4 is 5.91 Å². The highest BCUT2D eigenvalue weighted by atomic mass is 19.4. The van der Waals surface area contributed by atoms with Gasteiger partial charge in [-0.3, -0.25) is 9.69 Å². The number of nitrogens with one attached hydrogen (secondary N) is 2. The SMILES string of the molecule is CNCC1CCCCN1C(C)C(=O)NCC(F)(F)F. The normalized spacial score (nSPS) is 23.1. The smallest absolute Gasteiger partial charge is 0.346 e. The Morgan fingerprint density at radius 2 is 2.11 bits per heavy atom. The van der Waals surface area contributed by atoms with Gasteiger partial charge in [0, 0.05) is 12.6 Å². The third-order valence-corrected chi connectivity index (χ3v) is 3.45. The molecule has 1 amide bonds. The number of carbonyl (C=O) groups excluding carboxylic acids is 1. The van der Waals surface area contributed by atoms with Gasteiger partial charge in [-0.25, -0.2) is 0 Å². The van der Waals surface area contributed by atoms with Gasteiger partial charge in [0.1, 0.15) is 6.54 Å². The van der Waals surface area contributed by atoms with Crippen molar-refractivity contribution in [3.63, 3.8) is 0 Å². The lowest BCUT2D eigenvalue weighted by molar-refractivity contribution is -0.142. The molecule has 19 heavy (non-hydrogen) atoms. The van der Waals surface area contributed by atoms with Crippen molar-refractivity contribution in [2.75, 3.05) is 26.7 Å². The van der Waals surface area contributed by atoms with Crippen molar-refractivity contribution in [1.82, 2.24) is 15.5 Å². The zero-order valence-corrected chi connectivity index (χ0v) is 11.4. The first-order chi connectivity index (χ1) is 8.85. The first kappa shape index (κ1) is 16.2. The maximum Gasteiger partial charge on any atom is 0.405 e. The Kier molecular flexibility index (Phi) is 6.06. The number of alkyl halides is 3. The van der Waals surface area contributed by atoms with Crippen molar-refractivity contribution in [3.8, 4) is 0 Å². The van der Waals surface area contributed by atoms with Gasteiger partial charge in [-0.1, -0.05) is 6.42 Å². The fourth-order valence-corrected chi connectivity index (χ4v) is 2.47. The van der Waals surface area contributed by atoms with Gasteiger partial charge in [0.2, 0.25) is 5.91 Å². The molecule has 0 aromatic rings. The van der Waals surface area contributed by atoms with Crippen LogP contribution in [0.15, 0.2) is 0 Å². The number of piperidine rings is 1. The number of halogens is 3. The summed E-state index contributed by atoms with van der Waals surface area (Å²) in [6.45, 7) is 1.91. The largest absolute Gasteiger partial charge is 0.405 e. The van der Waals surface area contributed by atoms with E-state index in [2.05, 4.69) is 5.32 Å². The Hall–Kier alpha value is -0.820. The van der Waals surface area contributed by atoms with E-state index in [0.717, 1.165) is 32.4 Å². The summed E-state index contributed by atoms with van der Waals surface area (Å²) >= 11 is 0. The van der Waals surface area contributed by atoms with Crippen LogP contribution >= 0.6 is 0 Å². The van der Waals surface area contributed by atoms with Gasteiger partial charge >= 0.3 is 6.18 Å². The van der Waals surface area contributed by atoms with Gasteiger partial charge in [-0.15, -0.1) is 0 Å². The van der Waals surface area contributed by atoms with Crippen molar-refractivity contribution in [1.29, 1.82) is 0 Å². The molecule has 0 saturated carbocycles. The fraction of sp³-hybridized carbons (Fsp3) is 0.917. The molecule has 2 unspecified atom stereocenters. The van der Waals surface area contributed by atoms with E-state index in [-0.39, 0.29) is 6.04 Å². The second-order valence-corrected chi connectivity index (χ2v) is 4.95. The Balaban J connectivity index is 2.53. The van der Waals surface area contributed by atoms with E-state index in [1.54, 1.807) is 6.92 Å². The van der Waals surface area contributed by atoms with Crippen LogP contribution in [0.1, 0.15) is 26.2 Å². The van der Waals surface area contributed by atoms with Crippen LogP contribution < -0.4 is 10.6 Å². The zero-order valence-electron chi connectivity index (χ0n) is 11.4. The third kappa shape index (κ3) is 5.36. The second-order valence-electron chi connectivity index (χ2n) is 4.95. The van der Waals surface area contributed by atoms with Gasteiger partial charge < -0.3 is 10.6 Å². The average Bonchev–Trinajstić information content (AvgIpc) is 2.35. The third-order valence-electron chi connectivity index (χ3n) is 3.45. The van der Waals surface area contributed by atoms with Crippen molar-refractivity contribution in [2.45, 2.75) is 44.4 Å². The minimum Gasteiger partial charge on any atom is -0.346 e. The van der Waals surface area contributed by atoms with Gasteiger partial charge in [0.15, 0.2) is 0 Å². The summed E-state index contributed by atoms with van der Waals surface area (Å²) in [4.78, 5) is 13.8. The number of rotatable bonds is 5. The quantitative estimate of drug-likeness (QED) is 0.794. The summed E-state index contributed by atoms with van der Waals surface area (Å²) in [7, 11) is 1.83. The summed E-state index contributed by atoms with van der Waals surface area (Å²) in [5.74, 6) is -0.555. The predicted octanol–water partition coefficient (Wildman–Crippen LogP) is 1.13. The molecule has 2 atom stereocenters. The maximum atomic E-state index is 12.1. The highest BCUT2D eigenvalue weighted by Gasteiger charge is 2.32. The number of amides is 1. The first-order valence-electron chi connectivity index (χ1n) is 6.60. The number of hydrogen-bond acceptors (Lipinski definition) is 3. The Bertz CT molecular complexity index is 294. The fourth-order valence-electron chi connectivity index (χ4n) is 2.47. The first-order valence-corrected chi connectivity index (χ1v) is 6.60. The minimum absolute atomic E-state index is 0.213. The molecule has 1 aliphatic rings. The summed E-state index contributed by atoms with van der Waals surface area (Å²) in [6.07, 6.45) is -1.31. The lowest BCUT2D eigenvalue weighted by Gasteiger charge is -2.39. The molecule has 1 aliphatic heterocycles. The summed E-state index contributed by atoms with van der Waals surface area (Å²) in [5.41, 5.74) is 0. The van der Waals surface area contributed by atoms with Gasteiger partial charge in [-0.2, -0.15) is 13.2 Å². The number of likely N-dealkylation sites (N-methyl/N-ethyl adjacent to an activating group) is 1. The highest BCUT2D eigenvalue weighted by molar-refractivity contribution is 5.81. The second kappa shape index (κ2) is 7.09. The molecule has 0 aromatic carbocycles. The van der Waals surface area contributed by atoms with Crippen molar-refractivity contribution in [2.24, 2.45) is 0 Å². The molecular weight excluding hydrogens is 259 g/mol. The molecule has 0 aromatic heterocycles. The van der Waals surface area contributed by atoms with E-state index in [1.165, 1.54) is 0 Å². The summed E-state index contributed by atoms with van der Waals surface area (Å²) in [5, 5.41) is 5.02. The van der Waals surface area contributed by atoms with Crippen LogP contribution in [0, 0.1) is 0 Å². The number of carbonyl (C=O) groups is 1. The van der Waals surface area contributed by atoms with Crippen LogP contribution in [0.5, 0.6) is 0 Å². The van der Waals surface area contributed by atoms with Crippen LogP contribution in [0.3, 0.4) is 0 Å². The molecule has 0 radical (unpaired) electrons. The lowest BCUT2D eigenvalue weighted by Crippen LogP contribution is -2.55. The molecule has 0 spiro atoms. The Labute approximate surface area is 111 Å². The van der Waals surface area contributed by atoms with Crippen molar-refractivity contribution in [3.05, 3.63) is 0 Å². The highest BCUT2D eigenvalue weighted by Crippen LogP contribution is 2.19. The zero-order chi connectivity index (χ0) is 14.5. The molecule has 1 rings (SSSR count). The molecule has 1 saturated heterocycles. The van der Waals surface area contributed by atoms with E-state index in [9.17, 15) is 18.0 Å². The molecule has 2 N–H and O–H groups in total. The predicted molar refractivity (Wildman–Crippen MR) is 66.8 cm³/mol. The van der Waals surface area contributed by atoms with Gasteiger partial charge in [0.05, 0.1) is 6.04 Å². The van der Waals surface area contributed by atoms with Crippen LogP contribution in [0.25, 0.3) is 0 Å². The Morgan fingerprint density at radius 3 is 2.68 bits per heavy atom. The van der Waals surface area contributed by atoms with Crippen LogP contribution in [-0.4, -0.2) is 55.7 Å². The van der Waals surface area contributed by atoms with Crippen molar-refractivity contribution < 1.29 is 18.0 Å². The molecule has 7 heteroatoms. The van der Waals surface area contributed by atoms with E-state index in [1.807, 2.05) is 17.3 Å². The van der Waals surface area contributed by atoms with E-state index < -0.39 is 24.7 Å². The van der Waals surface area contributed by atoms with E-state index >= 15 is 0 Å². The monoisotopic (exact) mass is 281 g/mol. The molecule has 0 bridgehead atoms.